The maximum Gasteiger partial charge on any atom is 0.276 e. The van der Waals surface area contributed by atoms with Gasteiger partial charge in [0, 0.05) is 42.5 Å². The van der Waals surface area contributed by atoms with Crippen molar-refractivity contribution in [1.29, 1.82) is 0 Å². The van der Waals surface area contributed by atoms with Crippen LogP contribution in [0.25, 0.3) is 5.65 Å². The second-order valence-corrected chi connectivity index (χ2v) is 11.3. The van der Waals surface area contributed by atoms with Gasteiger partial charge in [-0.3, -0.25) is 9.59 Å². The van der Waals surface area contributed by atoms with E-state index in [0.29, 0.717) is 46.4 Å². The van der Waals surface area contributed by atoms with E-state index in [-0.39, 0.29) is 23.9 Å². The van der Waals surface area contributed by atoms with E-state index < -0.39 is 0 Å². The quantitative estimate of drug-likeness (QED) is 0.255. The van der Waals surface area contributed by atoms with Crippen LogP contribution in [0.1, 0.15) is 61.9 Å². The van der Waals surface area contributed by atoms with Gasteiger partial charge >= 0.3 is 0 Å². The van der Waals surface area contributed by atoms with Gasteiger partial charge in [0.05, 0.1) is 11.9 Å². The lowest BCUT2D eigenvalue weighted by atomic mass is 9.91. The Morgan fingerprint density at radius 2 is 1.77 bits per heavy atom. The normalized spacial score (nSPS) is 22.9. The van der Waals surface area contributed by atoms with Crippen LogP contribution in [0.4, 0.5) is 17.2 Å². The number of halogens is 1. The van der Waals surface area contributed by atoms with Gasteiger partial charge < -0.3 is 26.6 Å². The Balaban J connectivity index is 1.13. The number of aromatic nitrogens is 4. The molecular formula is C27H34ClN9O2. The van der Waals surface area contributed by atoms with Crippen LogP contribution in [0.5, 0.6) is 0 Å². The number of pyridine rings is 1. The third-order valence-corrected chi connectivity index (χ3v) is 7.91. The molecule has 5 N–H and O–H groups in total. The summed E-state index contributed by atoms with van der Waals surface area (Å²) in [6.07, 6.45) is 10.7. The monoisotopic (exact) mass is 551 g/mol. The Bertz CT molecular complexity index is 1340. The summed E-state index contributed by atoms with van der Waals surface area (Å²) in [5.74, 6) is 0.977. The maximum absolute atomic E-state index is 13.1. The van der Waals surface area contributed by atoms with E-state index in [9.17, 15) is 9.59 Å². The fraction of sp³-hybridized carbons (Fsp3) is 0.519. The molecule has 2 saturated carbocycles. The van der Waals surface area contributed by atoms with Crippen LogP contribution in [0.3, 0.4) is 0 Å². The molecule has 0 unspecified atom stereocenters. The zero-order valence-corrected chi connectivity index (χ0v) is 22.5. The first-order valence-electron chi connectivity index (χ1n) is 13.8. The van der Waals surface area contributed by atoms with Gasteiger partial charge in [-0.05, 0) is 76.1 Å². The Morgan fingerprint density at radius 1 is 1.00 bits per heavy atom. The van der Waals surface area contributed by atoms with Crippen LogP contribution < -0.4 is 26.6 Å². The number of fused-ring (bicyclic) bond motifs is 1. The van der Waals surface area contributed by atoms with Crippen molar-refractivity contribution in [1.82, 2.24) is 30.2 Å². The molecule has 3 aromatic heterocycles. The molecule has 1 saturated heterocycles. The minimum Gasteiger partial charge on any atom is -0.379 e. The molecule has 1 aliphatic heterocycles. The molecule has 3 aromatic rings. The smallest absolute Gasteiger partial charge is 0.276 e. The van der Waals surface area contributed by atoms with Crippen molar-refractivity contribution < 1.29 is 9.59 Å². The molecule has 0 radical (unpaired) electrons. The number of carbonyl (C=O) groups excluding carboxylic acids is 2. The van der Waals surface area contributed by atoms with Crippen molar-refractivity contribution in [2.75, 3.05) is 29.0 Å². The summed E-state index contributed by atoms with van der Waals surface area (Å²) in [6.45, 7) is 1.95. The number of rotatable bonds is 9. The molecule has 0 aromatic carbocycles. The molecule has 0 spiro atoms. The molecule has 6 rings (SSSR count). The predicted molar refractivity (Wildman–Crippen MR) is 150 cm³/mol. The van der Waals surface area contributed by atoms with Gasteiger partial charge in [-0.15, -0.1) is 5.10 Å². The lowest BCUT2D eigenvalue weighted by Crippen LogP contribution is -2.40. The number of amides is 2. The molecule has 0 bridgehead atoms. The molecule has 1 atom stereocenters. The van der Waals surface area contributed by atoms with E-state index in [1.807, 2.05) is 6.07 Å². The van der Waals surface area contributed by atoms with Crippen molar-refractivity contribution in [2.24, 2.45) is 5.92 Å². The molecule has 11 nitrogen and oxygen atoms in total. The van der Waals surface area contributed by atoms with Crippen LogP contribution in [0.15, 0.2) is 30.6 Å². The molecule has 3 aliphatic rings. The van der Waals surface area contributed by atoms with Crippen molar-refractivity contribution in [2.45, 2.75) is 69.5 Å². The van der Waals surface area contributed by atoms with Crippen LogP contribution in [-0.2, 0) is 4.79 Å². The van der Waals surface area contributed by atoms with Gasteiger partial charge in [-0.25, -0.2) is 14.5 Å². The summed E-state index contributed by atoms with van der Waals surface area (Å²) < 4.78 is 1.59. The average molecular weight is 552 g/mol. The van der Waals surface area contributed by atoms with Crippen LogP contribution >= 0.6 is 11.6 Å². The van der Waals surface area contributed by atoms with Crippen molar-refractivity contribution in [3.05, 3.63) is 41.4 Å². The van der Waals surface area contributed by atoms with Gasteiger partial charge in [0.2, 0.25) is 5.91 Å². The average Bonchev–Trinajstić information content (AvgIpc) is 3.38. The first-order valence-corrected chi connectivity index (χ1v) is 14.2. The molecule has 4 heterocycles. The molecule has 206 valence electrons. The molecule has 2 amide bonds. The highest BCUT2D eigenvalue weighted by Gasteiger charge is 2.27. The van der Waals surface area contributed by atoms with E-state index in [1.54, 1.807) is 16.6 Å². The fourth-order valence-corrected chi connectivity index (χ4v) is 5.63. The maximum atomic E-state index is 13.1. The third kappa shape index (κ3) is 6.42. The van der Waals surface area contributed by atoms with Crippen molar-refractivity contribution >= 4 is 46.3 Å². The first-order chi connectivity index (χ1) is 19.0. The lowest BCUT2D eigenvalue weighted by Gasteiger charge is -2.30. The summed E-state index contributed by atoms with van der Waals surface area (Å²) in [4.78, 5) is 34.1. The Labute approximate surface area is 231 Å². The van der Waals surface area contributed by atoms with Crippen LogP contribution in [0, 0.1) is 5.92 Å². The second kappa shape index (κ2) is 11.4. The Hall–Kier alpha value is -3.44. The van der Waals surface area contributed by atoms with Gasteiger partial charge in [-0.1, -0.05) is 11.6 Å². The van der Waals surface area contributed by atoms with Gasteiger partial charge in [0.1, 0.15) is 11.0 Å². The Morgan fingerprint density at radius 3 is 2.51 bits per heavy atom. The van der Waals surface area contributed by atoms with E-state index in [4.69, 9.17) is 16.7 Å². The highest BCUT2D eigenvalue weighted by Crippen LogP contribution is 2.30. The van der Waals surface area contributed by atoms with Gasteiger partial charge in [0.25, 0.3) is 5.91 Å². The molecular weight excluding hydrogens is 518 g/mol. The first kappa shape index (κ1) is 25.8. The number of hydrogen-bond acceptors (Lipinski definition) is 8. The number of hydrogen-bond donors (Lipinski definition) is 5. The van der Waals surface area contributed by atoms with Crippen LogP contribution in [0.2, 0.25) is 5.15 Å². The zero-order valence-electron chi connectivity index (χ0n) is 21.8. The largest absolute Gasteiger partial charge is 0.379 e. The highest BCUT2D eigenvalue weighted by molar-refractivity contribution is 6.29. The minimum absolute atomic E-state index is 0.169. The number of nitrogens with one attached hydrogen (secondary N) is 5. The standard InChI is InChI=1S/C27H34ClN9O2/c28-23-12-20(8-10-30-23)35-27(39)22-15-31-26-21(32-17-1-2-17)13-24(36-37(22)26)33-18-3-5-19(6-4-18)34-25(38)11-16-7-9-29-14-16/h8,10,12-13,15-19,29,32H,1-7,9,11,14H2,(H,33,36)(H,34,38)(H,30,35,39)/t16-,18?,19?/m1/s1. The van der Waals surface area contributed by atoms with Crippen molar-refractivity contribution in [3.63, 3.8) is 0 Å². The summed E-state index contributed by atoms with van der Waals surface area (Å²) in [7, 11) is 0. The fourth-order valence-electron chi connectivity index (χ4n) is 5.45. The number of anilines is 3. The highest BCUT2D eigenvalue weighted by atomic mass is 35.5. The number of imidazole rings is 1. The SMILES string of the molecule is O=C(C[C@H]1CCNC1)NC1CCC(Nc2cc(NC3CC3)c3ncc(C(=O)Nc4ccnc(Cl)c4)n3n2)CC1. The van der Waals surface area contributed by atoms with E-state index in [1.165, 1.54) is 12.4 Å². The second-order valence-electron chi connectivity index (χ2n) is 10.9. The van der Waals surface area contributed by atoms with Gasteiger partial charge in [-0.2, -0.15) is 0 Å². The Kier molecular flexibility index (Phi) is 7.51. The number of nitrogens with zero attached hydrogens (tertiary/aromatic N) is 4. The summed E-state index contributed by atoms with van der Waals surface area (Å²) in [6, 6.07) is 6.12. The summed E-state index contributed by atoms with van der Waals surface area (Å²) in [5, 5.41) is 21.6. The summed E-state index contributed by atoms with van der Waals surface area (Å²) >= 11 is 5.97. The van der Waals surface area contributed by atoms with Gasteiger partial charge in [0.15, 0.2) is 11.3 Å². The molecule has 39 heavy (non-hydrogen) atoms. The van der Waals surface area contributed by atoms with Crippen molar-refractivity contribution in [3.8, 4) is 0 Å². The topological polar surface area (TPSA) is 137 Å². The summed E-state index contributed by atoms with van der Waals surface area (Å²) in [5.41, 5.74) is 2.33. The molecule has 3 fully saturated rings. The minimum atomic E-state index is -0.337. The molecule has 2 aliphatic carbocycles. The predicted octanol–water partition coefficient (Wildman–Crippen LogP) is 3.44. The van der Waals surface area contributed by atoms with E-state index in [2.05, 4.69) is 36.6 Å². The number of carbonyl (C=O) groups is 2. The molecule has 12 heteroatoms. The van der Waals surface area contributed by atoms with Crippen LogP contribution in [-0.4, -0.2) is 62.6 Å². The van der Waals surface area contributed by atoms with E-state index >= 15 is 0 Å². The zero-order chi connectivity index (χ0) is 26.8. The third-order valence-electron chi connectivity index (χ3n) is 7.70. The lowest BCUT2D eigenvalue weighted by molar-refractivity contribution is -0.122. The van der Waals surface area contributed by atoms with E-state index in [0.717, 1.165) is 63.7 Å².